The van der Waals surface area contributed by atoms with Gasteiger partial charge in [0.2, 0.25) is 0 Å². The third kappa shape index (κ3) is 3.81. The van der Waals surface area contributed by atoms with Crippen LogP contribution in [0.5, 0.6) is 0 Å². The third-order valence-electron chi connectivity index (χ3n) is 3.03. The summed E-state index contributed by atoms with van der Waals surface area (Å²) in [5, 5.41) is 2.94. The van der Waals surface area contributed by atoms with E-state index in [-0.39, 0.29) is 5.91 Å². The molecular weight excluding hydrogens is 314 g/mol. The highest BCUT2D eigenvalue weighted by atomic mass is 79.9. The molecular formula is C17H16BrNO. The van der Waals surface area contributed by atoms with E-state index in [0.717, 1.165) is 16.5 Å². The third-order valence-corrected chi connectivity index (χ3v) is 3.56. The van der Waals surface area contributed by atoms with Crippen molar-refractivity contribution in [2.75, 3.05) is 0 Å². The quantitative estimate of drug-likeness (QED) is 0.822. The van der Waals surface area contributed by atoms with E-state index in [4.69, 9.17) is 0 Å². The van der Waals surface area contributed by atoms with Gasteiger partial charge in [-0.1, -0.05) is 46.3 Å². The van der Waals surface area contributed by atoms with E-state index in [1.165, 1.54) is 5.56 Å². The first-order chi connectivity index (χ1) is 9.70. The molecule has 0 radical (unpaired) electrons. The fourth-order valence-corrected chi connectivity index (χ4v) is 2.23. The van der Waals surface area contributed by atoms with Gasteiger partial charge in [-0.3, -0.25) is 4.79 Å². The van der Waals surface area contributed by atoms with Crippen LogP contribution in [0, 0.1) is 0 Å². The number of nitrogens with one attached hydrogen (secondary N) is 1. The van der Waals surface area contributed by atoms with Gasteiger partial charge in [-0.2, -0.15) is 0 Å². The zero-order valence-corrected chi connectivity index (χ0v) is 12.7. The van der Waals surface area contributed by atoms with Gasteiger partial charge in [-0.25, -0.2) is 0 Å². The summed E-state index contributed by atoms with van der Waals surface area (Å²) >= 11 is 3.36. The number of hydrogen-bond acceptors (Lipinski definition) is 1. The summed E-state index contributed by atoms with van der Waals surface area (Å²) in [4.78, 5) is 12.1. The Morgan fingerprint density at radius 3 is 2.40 bits per heavy atom. The lowest BCUT2D eigenvalue weighted by Crippen LogP contribution is -2.23. The molecule has 0 unspecified atom stereocenters. The minimum absolute atomic E-state index is 0.0640. The van der Waals surface area contributed by atoms with Crippen LogP contribution < -0.4 is 5.32 Å². The van der Waals surface area contributed by atoms with E-state index in [1.807, 2.05) is 36.4 Å². The number of amides is 1. The van der Waals surface area contributed by atoms with Crippen molar-refractivity contribution in [3.63, 3.8) is 0 Å². The zero-order chi connectivity index (χ0) is 14.4. The van der Waals surface area contributed by atoms with Crippen molar-refractivity contribution in [1.82, 2.24) is 5.32 Å². The summed E-state index contributed by atoms with van der Waals surface area (Å²) in [6, 6.07) is 15.4. The summed E-state index contributed by atoms with van der Waals surface area (Å²) in [6.45, 7) is 4.28. The predicted molar refractivity (Wildman–Crippen MR) is 85.7 cm³/mol. The van der Waals surface area contributed by atoms with Crippen molar-refractivity contribution in [3.8, 4) is 0 Å². The lowest BCUT2D eigenvalue weighted by Gasteiger charge is -2.09. The fourth-order valence-electron chi connectivity index (χ4n) is 1.96. The molecule has 20 heavy (non-hydrogen) atoms. The maximum atomic E-state index is 12.1. The average Bonchev–Trinajstić information content (AvgIpc) is 2.47. The summed E-state index contributed by atoms with van der Waals surface area (Å²) in [5.74, 6) is -0.0640. The predicted octanol–water partition coefficient (Wildman–Crippen LogP) is 4.11. The Bertz CT molecular complexity index is 605. The molecule has 0 aliphatic carbocycles. The number of halogens is 1. The number of rotatable bonds is 5. The first kappa shape index (κ1) is 14.5. The molecule has 102 valence electrons. The van der Waals surface area contributed by atoms with Crippen LogP contribution in [0.15, 0.2) is 65.7 Å². The van der Waals surface area contributed by atoms with Gasteiger partial charge in [0.1, 0.15) is 0 Å². The summed E-state index contributed by atoms with van der Waals surface area (Å²) < 4.78 is 0.963. The summed E-state index contributed by atoms with van der Waals surface area (Å²) in [5.41, 5.74) is 2.98. The maximum absolute atomic E-state index is 12.1. The second-order valence-corrected chi connectivity index (χ2v) is 5.37. The number of carbonyl (C=O) groups excluding carboxylic acids is 1. The fraction of sp³-hybridized carbons (Fsp3) is 0.118. The van der Waals surface area contributed by atoms with Gasteiger partial charge in [-0.05, 0) is 41.8 Å². The summed E-state index contributed by atoms with van der Waals surface area (Å²) in [7, 11) is 0. The molecule has 0 saturated heterocycles. The minimum atomic E-state index is -0.0640. The van der Waals surface area contributed by atoms with Crippen molar-refractivity contribution in [3.05, 3.63) is 82.3 Å². The van der Waals surface area contributed by atoms with Crippen LogP contribution in [0.1, 0.15) is 21.5 Å². The molecule has 0 bridgehead atoms. The first-order valence-corrected chi connectivity index (χ1v) is 7.21. The highest BCUT2D eigenvalue weighted by Gasteiger charge is 2.06. The van der Waals surface area contributed by atoms with E-state index in [0.29, 0.717) is 12.1 Å². The van der Waals surface area contributed by atoms with E-state index >= 15 is 0 Å². The van der Waals surface area contributed by atoms with E-state index < -0.39 is 0 Å². The van der Waals surface area contributed by atoms with Gasteiger partial charge in [0.05, 0.1) is 0 Å². The Balaban J connectivity index is 2.03. The van der Waals surface area contributed by atoms with Crippen LogP contribution in [0.25, 0.3) is 0 Å². The smallest absolute Gasteiger partial charge is 0.251 e. The lowest BCUT2D eigenvalue weighted by molar-refractivity contribution is 0.0951. The van der Waals surface area contributed by atoms with Gasteiger partial charge >= 0.3 is 0 Å². The number of hydrogen-bond donors (Lipinski definition) is 1. The van der Waals surface area contributed by atoms with Gasteiger partial charge in [0.15, 0.2) is 0 Å². The standard InChI is InChI=1S/C17H16BrNO/c1-2-5-13-6-3-4-7-15(13)12-19-17(20)14-8-10-16(18)11-9-14/h2-4,6-11H,1,5,12H2,(H,19,20). The largest absolute Gasteiger partial charge is 0.348 e. The molecule has 0 heterocycles. The number of carbonyl (C=O) groups is 1. The molecule has 2 aromatic rings. The van der Waals surface area contributed by atoms with Gasteiger partial charge in [0, 0.05) is 16.6 Å². The molecule has 1 amide bonds. The Kier molecular flexibility index (Phi) is 5.13. The molecule has 2 rings (SSSR count). The molecule has 2 nitrogen and oxygen atoms in total. The van der Waals surface area contributed by atoms with E-state index in [9.17, 15) is 4.79 Å². The molecule has 0 spiro atoms. The topological polar surface area (TPSA) is 29.1 Å². The Hall–Kier alpha value is -1.87. The van der Waals surface area contributed by atoms with Gasteiger partial charge in [0.25, 0.3) is 5.91 Å². The van der Waals surface area contributed by atoms with E-state index in [1.54, 1.807) is 12.1 Å². The maximum Gasteiger partial charge on any atom is 0.251 e. The first-order valence-electron chi connectivity index (χ1n) is 6.42. The summed E-state index contributed by atoms with van der Waals surface area (Å²) in [6.07, 6.45) is 2.68. The molecule has 0 aliphatic heterocycles. The highest BCUT2D eigenvalue weighted by molar-refractivity contribution is 9.10. The second kappa shape index (κ2) is 7.06. The monoisotopic (exact) mass is 329 g/mol. The Morgan fingerprint density at radius 1 is 1.10 bits per heavy atom. The van der Waals surface area contributed by atoms with Crippen molar-refractivity contribution in [1.29, 1.82) is 0 Å². The molecule has 0 fully saturated rings. The zero-order valence-electron chi connectivity index (χ0n) is 11.1. The van der Waals surface area contributed by atoms with E-state index in [2.05, 4.69) is 33.9 Å². The highest BCUT2D eigenvalue weighted by Crippen LogP contribution is 2.12. The molecule has 2 aromatic carbocycles. The van der Waals surface area contributed by atoms with Crippen LogP contribution in [0.4, 0.5) is 0 Å². The van der Waals surface area contributed by atoms with Crippen LogP contribution >= 0.6 is 15.9 Å². The van der Waals surface area contributed by atoms with Crippen molar-refractivity contribution in [2.45, 2.75) is 13.0 Å². The molecule has 3 heteroatoms. The van der Waals surface area contributed by atoms with Gasteiger partial charge < -0.3 is 5.32 Å². The molecule has 0 aromatic heterocycles. The van der Waals surface area contributed by atoms with Crippen molar-refractivity contribution in [2.24, 2.45) is 0 Å². The number of allylic oxidation sites excluding steroid dienone is 1. The van der Waals surface area contributed by atoms with Crippen LogP contribution in [0.2, 0.25) is 0 Å². The number of benzene rings is 2. The van der Waals surface area contributed by atoms with Crippen molar-refractivity contribution >= 4 is 21.8 Å². The van der Waals surface area contributed by atoms with Crippen molar-refractivity contribution < 1.29 is 4.79 Å². The molecule has 0 atom stereocenters. The van der Waals surface area contributed by atoms with Crippen LogP contribution in [0.3, 0.4) is 0 Å². The molecule has 1 N–H and O–H groups in total. The molecule has 0 saturated carbocycles. The normalized spacial score (nSPS) is 10.1. The van der Waals surface area contributed by atoms with Crippen LogP contribution in [-0.2, 0) is 13.0 Å². The van der Waals surface area contributed by atoms with Crippen LogP contribution in [-0.4, -0.2) is 5.91 Å². The lowest BCUT2D eigenvalue weighted by atomic mass is 10.0. The SMILES string of the molecule is C=CCc1ccccc1CNC(=O)c1ccc(Br)cc1. The Labute approximate surface area is 127 Å². The van der Waals surface area contributed by atoms with Gasteiger partial charge in [-0.15, -0.1) is 6.58 Å². The molecule has 0 aliphatic rings. The average molecular weight is 330 g/mol. The second-order valence-electron chi connectivity index (χ2n) is 4.45. The Morgan fingerprint density at radius 2 is 1.75 bits per heavy atom. The minimum Gasteiger partial charge on any atom is -0.348 e.